The minimum absolute atomic E-state index is 0.00514. The van der Waals surface area contributed by atoms with Crippen molar-refractivity contribution >= 4 is 53.2 Å². The second-order valence-corrected chi connectivity index (χ2v) is 11.7. The normalized spacial score (nSPS) is 13.4. The van der Waals surface area contributed by atoms with Gasteiger partial charge < -0.3 is 50.8 Å². The van der Waals surface area contributed by atoms with Crippen LogP contribution in [-0.2, 0) is 64.0 Å². The molecule has 1 saturated heterocycles. The Bertz CT molecular complexity index is 1440. The van der Waals surface area contributed by atoms with Gasteiger partial charge in [-0.2, -0.15) is 0 Å². The van der Waals surface area contributed by atoms with Crippen LogP contribution in [0.1, 0.15) is 57.9 Å². The molecule has 19 heteroatoms. The van der Waals surface area contributed by atoms with Gasteiger partial charge in [0.1, 0.15) is 18.7 Å². The van der Waals surface area contributed by atoms with Gasteiger partial charge in [-0.15, -0.1) is 5.06 Å². The third kappa shape index (κ3) is 18.1. The zero-order valence-corrected chi connectivity index (χ0v) is 29.9. The first-order valence-corrected chi connectivity index (χ1v) is 16.9. The number of carbonyl (C=O) groups is 8. The van der Waals surface area contributed by atoms with Crippen molar-refractivity contribution in [3.63, 3.8) is 0 Å². The lowest BCUT2D eigenvalue weighted by atomic mass is 10.1. The monoisotopic (exact) mass is 748 g/mol. The predicted molar refractivity (Wildman–Crippen MR) is 185 cm³/mol. The van der Waals surface area contributed by atoms with Crippen molar-refractivity contribution in [1.82, 2.24) is 21.0 Å². The molecule has 1 aliphatic heterocycles. The topological polar surface area (TPSA) is 260 Å². The van der Waals surface area contributed by atoms with E-state index in [0.29, 0.717) is 28.3 Å². The molecule has 0 saturated carbocycles. The number of benzene rings is 1. The van der Waals surface area contributed by atoms with E-state index in [-0.39, 0.29) is 84.9 Å². The molecule has 0 radical (unpaired) electrons. The number of esters is 1. The molecule has 6 N–H and O–H groups in total. The fourth-order valence-electron chi connectivity index (χ4n) is 4.45. The first-order chi connectivity index (χ1) is 25.3. The fourth-order valence-corrected chi connectivity index (χ4v) is 4.45. The van der Waals surface area contributed by atoms with Crippen LogP contribution in [0.15, 0.2) is 36.4 Å². The summed E-state index contributed by atoms with van der Waals surface area (Å²) in [4.78, 5) is 101. The third-order valence-electron chi connectivity index (χ3n) is 7.19. The zero-order valence-electron chi connectivity index (χ0n) is 29.9. The Morgan fingerprint density at radius 2 is 1.42 bits per heavy atom. The summed E-state index contributed by atoms with van der Waals surface area (Å²) in [5.74, 6) is -4.03. The average molecular weight is 749 g/mol. The Labute approximate surface area is 306 Å². The maximum Gasteiger partial charge on any atom is 0.335 e. The Morgan fingerprint density at radius 3 is 1.98 bits per heavy atom. The Hall–Kier alpha value is -5.40. The van der Waals surface area contributed by atoms with E-state index >= 15 is 0 Å². The van der Waals surface area contributed by atoms with Crippen molar-refractivity contribution in [3.05, 3.63) is 42.0 Å². The lowest BCUT2D eigenvalue weighted by Gasteiger charge is -2.23. The molecule has 0 bridgehead atoms. The second-order valence-electron chi connectivity index (χ2n) is 11.7. The average Bonchev–Trinajstić information content (AvgIpc) is 3.42. The van der Waals surface area contributed by atoms with E-state index in [1.165, 1.54) is 6.92 Å². The van der Waals surface area contributed by atoms with Crippen LogP contribution in [0.2, 0.25) is 0 Å². The number of nitrogens with one attached hydrogen (secondary N) is 4. The van der Waals surface area contributed by atoms with Crippen LogP contribution in [0.5, 0.6) is 0 Å². The maximum absolute atomic E-state index is 13.3. The molecule has 1 fully saturated rings. The standard InChI is InChI=1S/C34H48N6O13/c1-22(2)31(39-27(42)12-15-49-17-19-51-20-18-50-16-13-30(45)53-40-28(43)10-11-29(40)44)33(47)38-26(5-4-14-36-34(35)48)32(46)37-25-8-6-24(7-9-25)21-52-23(3)41/h6-9,26,31H,1,4-5,10-21H2,2-3H3,(H,37,46)(H,38,47)(H,39,42)(H3,35,36,48)/t26-,31-/m0/s1. The molecule has 7 amide bonds. The predicted octanol–water partition coefficient (Wildman–Crippen LogP) is 0.120. The van der Waals surface area contributed by atoms with Crippen molar-refractivity contribution in [3.8, 4) is 0 Å². The number of imide groups is 1. The number of hydrogen-bond acceptors (Lipinski definition) is 13. The molecule has 0 aromatic heterocycles. The molecule has 1 aliphatic rings. The number of primary amides is 1. The van der Waals surface area contributed by atoms with Gasteiger partial charge in [0.05, 0.1) is 46.1 Å². The molecule has 0 spiro atoms. The van der Waals surface area contributed by atoms with Gasteiger partial charge in [0.2, 0.25) is 17.7 Å². The molecule has 1 aromatic rings. The highest BCUT2D eigenvalue weighted by Gasteiger charge is 2.32. The van der Waals surface area contributed by atoms with E-state index in [1.54, 1.807) is 31.2 Å². The van der Waals surface area contributed by atoms with Crippen LogP contribution in [0.3, 0.4) is 0 Å². The maximum atomic E-state index is 13.3. The molecule has 292 valence electrons. The summed E-state index contributed by atoms with van der Waals surface area (Å²) in [7, 11) is 0. The quantitative estimate of drug-likeness (QED) is 0.0386. The van der Waals surface area contributed by atoms with Gasteiger partial charge in [-0.05, 0) is 43.0 Å². The van der Waals surface area contributed by atoms with Crippen molar-refractivity contribution in [2.24, 2.45) is 5.73 Å². The number of amides is 7. The molecule has 0 unspecified atom stereocenters. The summed E-state index contributed by atoms with van der Waals surface area (Å²) in [6.07, 6.45) is 0.210. The summed E-state index contributed by atoms with van der Waals surface area (Å²) >= 11 is 0. The van der Waals surface area contributed by atoms with E-state index < -0.39 is 59.6 Å². The summed E-state index contributed by atoms with van der Waals surface area (Å²) in [6.45, 7) is 7.62. The minimum atomic E-state index is -1.16. The first-order valence-electron chi connectivity index (χ1n) is 16.9. The molecule has 53 heavy (non-hydrogen) atoms. The second kappa shape index (κ2) is 24.0. The molecular weight excluding hydrogens is 700 g/mol. The number of anilines is 1. The number of ether oxygens (including phenoxy) is 4. The van der Waals surface area contributed by atoms with Crippen LogP contribution in [-0.4, -0.2) is 111 Å². The van der Waals surface area contributed by atoms with Crippen LogP contribution >= 0.6 is 0 Å². The molecule has 1 aromatic carbocycles. The largest absolute Gasteiger partial charge is 0.461 e. The minimum Gasteiger partial charge on any atom is -0.461 e. The lowest BCUT2D eigenvalue weighted by molar-refractivity contribution is -0.198. The highest BCUT2D eigenvalue weighted by Crippen LogP contribution is 2.14. The molecule has 0 aliphatic carbocycles. The van der Waals surface area contributed by atoms with Gasteiger partial charge in [-0.1, -0.05) is 18.7 Å². The number of hydrogen-bond donors (Lipinski definition) is 5. The Balaban J connectivity index is 1.72. The first kappa shape index (κ1) is 43.8. The van der Waals surface area contributed by atoms with E-state index in [4.69, 9.17) is 29.5 Å². The molecular formula is C34H48N6O13. The van der Waals surface area contributed by atoms with E-state index in [9.17, 15) is 38.4 Å². The number of rotatable bonds is 25. The Kier molecular flexibility index (Phi) is 19.8. The van der Waals surface area contributed by atoms with Crippen LogP contribution in [0, 0.1) is 0 Å². The number of nitrogens with two attached hydrogens (primary N) is 1. The highest BCUT2D eigenvalue weighted by molar-refractivity contribution is 6.01. The number of nitrogens with zero attached hydrogens (tertiary/aromatic N) is 1. The third-order valence-corrected chi connectivity index (χ3v) is 7.19. The van der Waals surface area contributed by atoms with E-state index in [2.05, 4.69) is 27.8 Å². The van der Waals surface area contributed by atoms with Crippen molar-refractivity contribution in [2.45, 2.75) is 71.1 Å². The fraction of sp³-hybridized carbons (Fsp3) is 0.529. The zero-order chi connectivity index (χ0) is 39.2. The van der Waals surface area contributed by atoms with Gasteiger partial charge in [0, 0.05) is 38.4 Å². The Morgan fingerprint density at radius 1 is 0.830 bits per heavy atom. The smallest absolute Gasteiger partial charge is 0.335 e. The molecule has 19 nitrogen and oxygen atoms in total. The van der Waals surface area contributed by atoms with Gasteiger partial charge in [-0.25, -0.2) is 9.59 Å². The highest BCUT2D eigenvalue weighted by atomic mass is 16.7. The van der Waals surface area contributed by atoms with Crippen LogP contribution in [0.25, 0.3) is 0 Å². The van der Waals surface area contributed by atoms with Gasteiger partial charge in [0.25, 0.3) is 11.8 Å². The van der Waals surface area contributed by atoms with Crippen LogP contribution < -0.4 is 27.0 Å². The van der Waals surface area contributed by atoms with Gasteiger partial charge in [-0.3, -0.25) is 28.8 Å². The number of carbonyl (C=O) groups excluding carboxylic acids is 8. The van der Waals surface area contributed by atoms with Crippen molar-refractivity contribution in [1.29, 1.82) is 0 Å². The van der Waals surface area contributed by atoms with Gasteiger partial charge in [0.15, 0.2) is 0 Å². The van der Waals surface area contributed by atoms with Crippen LogP contribution in [0.4, 0.5) is 10.5 Å². The molecule has 2 atom stereocenters. The van der Waals surface area contributed by atoms with Crippen molar-refractivity contribution in [2.75, 3.05) is 51.5 Å². The van der Waals surface area contributed by atoms with E-state index in [1.807, 2.05) is 0 Å². The summed E-state index contributed by atoms with van der Waals surface area (Å²) in [5, 5.41) is 10.9. The summed E-state index contributed by atoms with van der Waals surface area (Å²) < 4.78 is 21.0. The summed E-state index contributed by atoms with van der Waals surface area (Å²) in [6, 6.07) is 3.62. The van der Waals surface area contributed by atoms with Crippen molar-refractivity contribution < 1.29 is 62.1 Å². The SMILES string of the molecule is C=C(C)[C@H](NC(=O)CCOCCOCCOCCC(=O)ON1C(=O)CCC1=O)C(=O)N[C@@H](CCCNC(N)=O)C(=O)Nc1ccc(COC(C)=O)cc1. The molecule has 2 rings (SSSR count). The lowest BCUT2D eigenvalue weighted by Crippen LogP contribution is -2.53. The number of hydroxylamine groups is 2. The van der Waals surface area contributed by atoms with Gasteiger partial charge >= 0.3 is 18.0 Å². The summed E-state index contributed by atoms with van der Waals surface area (Å²) in [5.41, 5.74) is 6.56. The van der Waals surface area contributed by atoms with E-state index in [0.717, 1.165) is 0 Å². The molecule has 1 heterocycles. The number of urea groups is 1.